The first kappa shape index (κ1) is 14.1. The Morgan fingerprint density at radius 3 is 2.47 bits per heavy atom. The zero-order chi connectivity index (χ0) is 14.0. The number of aryl methyl sites for hydroxylation is 1. The van der Waals surface area contributed by atoms with Crippen LogP contribution in [0.15, 0.2) is 12.1 Å². The van der Waals surface area contributed by atoms with E-state index in [0.717, 1.165) is 32.2 Å². The lowest BCUT2D eigenvalue weighted by Gasteiger charge is -2.31. The molecule has 19 heavy (non-hydrogen) atoms. The highest BCUT2D eigenvalue weighted by atomic mass is 19.1. The van der Waals surface area contributed by atoms with Crippen molar-refractivity contribution in [1.82, 2.24) is 9.80 Å². The molecule has 1 heterocycles. The molecule has 0 bridgehead atoms. The van der Waals surface area contributed by atoms with E-state index in [1.807, 2.05) is 11.9 Å². The number of piperazine rings is 1. The molecule has 1 aliphatic heterocycles. The van der Waals surface area contributed by atoms with E-state index < -0.39 is 23.0 Å². The smallest absolute Gasteiger partial charge is 0.182 e. The quantitative estimate of drug-likeness (QED) is 0.780. The van der Waals surface area contributed by atoms with Gasteiger partial charge in [0.1, 0.15) is 11.6 Å². The van der Waals surface area contributed by atoms with Gasteiger partial charge in [-0.3, -0.25) is 9.69 Å². The highest BCUT2D eigenvalue weighted by Crippen LogP contribution is 2.17. The minimum absolute atomic E-state index is 0.0745. The number of ketones is 1. The van der Waals surface area contributed by atoms with Crippen molar-refractivity contribution in [3.05, 3.63) is 34.9 Å². The van der Waals surface area contributed by atoms with Gasteiger partial charge in [-0.1, -0.05) is 6.07 Å². The number of rotatable bonds is 3. The molecule has 5 heteroatoms. The van der Waals surface area contributed by atoms with Crippen molar-refractivity contribution in [3.63, 3.8) is 0 Å². The van der Waals surface area contributed by atoms with Crippen LogP contribution in [0.1, 0.15) is 15.9 Å². The molecule has 0 unspecified atom stereocenters. The van der Waals surface area contributed by atoms with Crippen LogP contribution in [-0.4, -0.2) is 55.4 Å². The minimum atomic E-state index is -0.776. The van der Waals surface area contributed by atoms with Gasteiger partial charge < -0.3 is 4.90 Å². The topological polar surface area (TPSA) is 23.6 Å². The molecule has 2 rings (SSSR count). The monoisotopic (exact) mass is 268 g/mol. The number of nitrogens with zero attached hydrogens (tertiary/aromatic N) is 2. The van der Waals surface area contributed by atoms with Crippen LogP contribution in [0.4, 0.5) is 8.78 Å². The van der Waals surface area contributed by atoms with E-state index in [2.05, 4.69) is 4.90 Å². The lowest BCUT2D eigenvalue weighted by atomic mass is 10.1. The number of hydrogen-bond donors (Lipinski definition) is 0. The summed E-state index contributed by atoms with van der Waals surface area (Å²) in [6.07, 6.45) is 0. The number of carbonyl (C=O) groups excluding carboxylic acids is 1. The number of Topliss-reactive ketones (excluding diaryl/α,β-unsaturated/α-hetero) is 1. The number of halogens is 2. The van der Waals surface area contributed by atoms with Gasteiger partial charge in [0.05, 0.1) is 12.1 Å². The van der Waals surface area contributed by atoms with Crippen LogP contribution in [-0.2, 0) is 0 Å². The Balaban J connectivity index is 2.10. The number of carbonyl (C=O) groups is 1. The van der Waals surface area contributed by atoms with Gasteiger partial charge in [-0.2, -0.15) is 0 Å². The van der Waals surface area contributed by atoms with Crippen LogP contribution in [0.2, 0.25) is 0 Å². The SMILES string of the molecule is Cc1ccc(F)c(C(=O)CN2CCN(C)CC2)c1F. The van der Waals surface area contributed by atoms with Crippen LogP contribution < -0.4 is 0 Å². The molecule has 0 aliphatic carbocycles. The molecule has 0 aromatic heterocycles. The van der Waals surface area contributed by atoms with Gasteiger partial charge in [-0.05, 0) is 25.6 Å². The lowest BCUT2D eigenvalue weighted by Crippen LogP contribution is -2.46. The van der Waals surface area contributed by atoms with Crippen LogP contribution in [0, 0.1) is 18.6 Å². The molecule has 104 valence electrons. The second-order valence-electron chi connectivity index (χ2n) is 5.06. The van der Waals surface area contributed by atoms with Gasteiger partial charge >= 0.3 is 0 Å². The number of benzene rings is 1. The number of likely N-dealkylation sites (N-methyl/N-ethyl adjacent to an activating group) is 1. The Bertz CT molecular complexity index is 483. The fraction of sp³-hybridized carbons (Fsp3) is 0.500. The molecule has 0 amide bonds. The fourth-order valence-corrected chi connectivity index (χ4v) is 2.20. The summed E-state index contributed by atoms with van der Waals surface area (Å²) in [6.45, 7) is 4.83. The molecular weight excluding hydrogens is 250 g/mol. The van der Waals surface area contributed by atoms with E-state index in [1.165, 1.54) is 13.0 Å². The zero-order valence-electron chi connectivity index (χ0n) is 11.2. The fourth-order valence-electron chi connectivity index (χ4n) is 2.20. The van der Waals surface area contributed by atoms with Gasteiger partial charge in [0, 0.05) is 26.2 Å². The molecule has 0 radical (unpaired) electrons. The third-order valence-corrected chi connectivity index (χ3v) is 3.53. The molecule has 1 fully saturated rings. The Kier molecular flexibility index (Phi) is 4.27. The predicted molar refractivity (Wildman–Crippen MR) is 69.4 cm³/mol. The van der Waals surface area contributed by atoms with E-state index in [1.54, 1.807) is 0 Å². The van der Waals surface area contributed by atoms with Crippen molar-refractivity contribution < 1.29 is 13.6 Å². The normalized spacial score (nSPS) is 17.7. The highest BCUT2D eigenvalue weighted by molar-refractivity contribution is 5.98. The van der Waals surface area contributed by atoms with Crippen molar-refractivity contribution >= 4 is 5.78 Å². The standard InChI is InChI=1S/C14H18F2N2O/c1-10-3-4-11(15)13(14(10)16)12(19)9-18-7-5-17(2)6-8-18/h3-4H,5-9H2,1-2H3. The zero-order valence-corrected chi connectivity index (χ0v) is 11.2. The van der Waals surface area contributed by atoms with Gasteiger partial charge in [-0.15, -0.1) is 0 Å². The second-order valence-corrected chi connectivity index (χ2v) is 5.06. The first-order valence-corrected chi connectivity index (χ1v) is 6.37. The van der Waals surface area contributed by atoms with Crippen molar-refractivity contribution in [2.75, 3.05) is 39.8 Å². The summed E-state index contributed by atoms with van der Waals surface area (Å²) >= 11 is 0. The summed E-state index contributed by atoms with van der Waals surface area (Å²) in [5.41, 5.74) is -0.109. The van der Waals surface area contributed by atoms with Gasteiger partial charge in [0.2, 0.25) is 0 Å². The molecule has 0 saturated carbocycles. The summed E-state index contributed by atoms with van der Waals surface area (Å²) in [4.78, 5) is 16.1. The Morgan fingerprint density at radius 2 is 1.84 bits per heavy atom. The van der Waals surface area contributed by atoms with Crippen LogP contribution in [0.3, 0.4) is 0 Å². The highest BCUT2D eigenvalue weighted by Gasteiger charge is 2.22. The maximum Gasteiger partial charge on any atom is 0.182 e. The molecule has 1 saturated heterocycles. The molecule has 0 atom stereocenters. The van der Waals surface area contributed by atoms with Gasteiger partial charge in [0.25, 0.3) is 0 Å². The first-order valence-electron chi connectivity index (χ1n) is 6.37. The molecule has 0 spiro atoms. The average molecular weight is 268 g/mol. The molecule has 3 nitrogen and oxygen atoms in total. The third-order valence-electron chi connectivity index (χ3n) is 3.53. The van der Waals surface area contributed by atoms with Gasteiger partial charge in [-0.25, -0.2) is 8.78 Å². The van der Waals surface area contributed by atoms with Crippen molar-refractivity contribution in [2.24, 2.45) is 0 Å². The van der Waals surface area contributed by atoms with Crippen LogP contribution >= 0.6 is 0 Å². The molecular formula is C14H18F2N2O. The summed E-state index contributed by atoms with van der Waals surface area (Å²) in [6, 6.07) is 2.49. The maximum absolute atomic E-state index is 13.8. The Labute approximate surface area is 111 Å². The van der Waals surface area contributed by atoms with Crippen LogP contribution in [0.25, 0.3) is 0 Å². The van der Waals surface area contributed by atoms with E-state index in [9.17, 15) is 13.6 Å². The molecule has 1 aromatic carbocycles. The first-order chi connectivity index (χ1) is 8.99. The average Bonchev–Trinajstić information content (AvgIpc) is 2.37. The van der Waals surface area contributed by atoms with Crippen LogP contribution in [0.5, 0.6) is 0 Å². The van der Waals surface area contributed by atoms with E-state index >= 15 is 0 Å². The van der Waals surface area contributed by atoms with Gasteiger partial charge in [0.15, 0.2) is 5.78 Å². The predicted octanol–water partition coefficient (Wildman–Crippen LogP) is 1.70. The Hall–Kier alpha value is -1.33. The molecule has 0 N–H and O–H groups in total. The summed E-state index contributed by atoms with van der Waals surface area (Å²) in [7, 11) is 2.01. The largest absolute Gasteiger partial charge is 0.304 e. The Morgan fingerprint density at radius 1 is 1.21 bits per heavy atom. The second kappa shape index (κ2) is 5.75. The molecule has 1 aliphatic rings. The van der Waals surface area contributed by atoms with Crippen molar-refractivity contribution in [2.45, 2.75) is 6.92 Å². The molecule has 1 aromatic rings. The summed E-state index contributed by atoms with van der Waals surface area (Å²) in [5.74, 6) is -2.00. The van der Waals surface area contributed by atoms with E-state index in [-0.39, 0.29) is 6.54 Å². The van der Waals surface area contributed by atoms with Crippen molar-refractivity contribution in [1.29, 1.82) is 0 Å². The lowest BCUT2D eigenvalue weighted by molar-refractivity contribution is 0.0868. The number of hydrogen-bond acceptors (Lipinski definition) is 3. The third kappa shape index (κ3) is 3.16. The minimum Gasteiger partial charge on any atom is -0.304 e. The maximum atomic E-state index is 13.8. The van der Waals surface area contributed by atoms with E-state index in [4.69, 9.17) is 0 Å². The summed E-state index contributed by atoms with van der Waals surface area (Å²) < 4.78 is 27.5. The summed E-state index contributed by atoms with van der Waals surface area (Å²) in [5, 5.41) is 0. The van der Waals surface area contributed by atoms with E-state index in [0.29, 0.717) is 5.56 Å². The van der Waals surface area contributed by atoms with Crippen molar-refractivity contribution in [3.8, 4) is 0 Å².